The minimum absolute atomic E-state index is 0.358. The molecule has 0 saturated heterocycles. The SMILES string of the molecule is COc1cccn2c(C(C)C)nnc12. The first-order valence-electron chi connectivity index (χ1n) is 4.61. The second-order valence-electron chi connectivity index (χ2n) is 3.48. The molecule has 0 radical (unpaired) electrons. The van der Waals surface area contributed by atoms with Crippen LogP contribution < -0.4 is 4.74 Å². The average molecular weight is 191 g/mol. The summed E-state index contributed by atoms with van der Waals surface area (Å²) < 4.78 is 7.16. The van der Waals surface area contributed by atoms with Gasteiger partial charge in [-0.3, -0.25) is 4.40 Å². The molecule has 0 fully saturated rings. The Kier molecular flexibility index (Phi) is 2.11. The molecule has 14 heavy (non-hydrogen) atoms. The Hall–Kier alpha value is -1.58. The van der Waals surface area contributed by atoms with Crippen LogP contribution in [0.15, 0.2) is 18.3 Å². The van der Waals surface area contributed by atoms with Gasteiger partial charge in [-0.1, -0.05) is 13.8 Å². The summed E-state index contributed by atoms with van der Waals surface area (Å²) in [7, 11) is 1.64. The van der Waals surface area contributed by atoms with Crippen LogP contribution in [0.5, 0.6) is 5.75 Å². The van der Waals surface area contributed by atoms with Crippen LogP contribution in [-0.2, 0) is 0 Å². The summed E-state index contributed by atoms with van der Waals surface area (Å²) >= 11 is 0. The van der Waals surface area contributed by atoms with Crippen molar-refractivity contribution in [3.8, 4) is 5.75 Å². The van der Waals surface area contributed by atoms with Crippen LogP contribution in [0.2, 0.25) is 0 Å². The van der Waals surface area contributed by atoms with Crippen molar-refractivity contribution in [3.05, 3.63) is 24.2 Å². The molecule has 74 valence electrons. The number of methoxy groups -OCH3 is 1. The van der Waals surface area contributed by atoms with Gasteiger partial charge in [0.25, 0.3) is 0 Å². The number of nitrogens with zero attached hydrogens (tertiary/aromatic N) is 3. The van der Waals surface area contributed by atoms with Gasteiger partial charge < -0.3 is 4.74 Å². The van der Waals surface area contributed by atoms with E-state index in [9.17, 15) is 0 Å². The van der Waals surface area contributed by atoms with Crippen LogP contribution >= 0.6 is 0 Å². The molecule has 0 aliphatic rings. The molecule has 0 spiro atoms. The zero-order valence-electron chi connectivity index (χ0n) is 8.56. The zero-order valence-corrected chi connectivity index (χ0v) is 8.56. The molecule has 0 saturated carbocycles. The van der Waals surface area contributed by atoms with E-state index in [-0.39, 0.29) is 0 Å². The summed E-state index contributed by atoms with van der Waals surface area (Å²) in [6.07, 6.45) is 1.95. The van der Waals surface area contributed by atoms with Crippen LogP contribution in [0.25, 0.3) is 5.65 Å². The van der Waals surface area contributed by atoms with Gasteiger partial charge in [0.2, 0.25) is 5.65 Å². The van der Waals surface area contributed by atoms with Gasteiger partial charge in [-0.25, -0.2) is 0 Å². The van der Waals surface area contributed by atoms with E-state index >= 15 is 0 Å². The monoisotopic (exact) mass is 191 g/mol. The fourth-order valence-corrected chi connectivity index (χ4v) is 1.46. The lowest BCUT2D eigenvalue weighted by Gasteiger charge is -2.04. The Bertz CT molecular complexity index is 448. The first-order valence-corrected chi connectivity index (χ1v) is 4.61. The number of fused-ring (bicyclic) bond motifs is 1. The van der Waals surface area contributed by atoms with Gasteiger partial charge in [0.05, 0.1) is 7.11 Å². The second-order valence-corrected chi connectivity index (χ2v) is 3.48. The fourth-order valence-electron chi connectivity index (χ4n) is 1.46. The van der Waals surface area contributed by atoms with Crippen molar-refractivity contribution in [1.82, 2.24) is 14.6 Å². The van der Waals surface area contributed by atoms with Crippen molar-refractivity contribution in [1.29, 1.82) is 0 Å². The highest BCUT2D eigenvalue weighted by Gasteiger charge is 2.11. The summed E-state index contributed by atoms with van der Waals surface area (Å²) in [6.45, 7) is 4.19. The molecule has 0 aromatic carbocycles. The molecular formula is C10H13N3O. The summed E-state index contributed by atoms with van der Waals surface area (Å²) in [5.74, 6) is 2.07. The minimum Gasteiger partial charge on any atom is -0.493 e. The molecule has 4 heteroatoms. The Labute approximate surface area is 82.5 Å². The molecule has 2 rings (SSSR count). The van der Waals surface area contributed by atoms with E-state index in [0.717, 1.165) is 17.2 Å². The molecule has 0 atom stereocenters. The first-order chi connectivity index (χ1) is 6.74. The van der Waals surface area contributed by atoms with Gasteiger partial charge >= 0.3 is 0 Å². The molecule has 0 aliphatic carbocycles. The average Bonchev–Trinajstić information content (AvgIpc) is 2.60. The lowest BCUT2D eigenvalue weighted by molar-refractivity contribution is 0.416. The van der Waals surface area contributed by atoms with Crippen LogP contribution in [-0.4, -0.2) is 21.7 Å². The van der Waals surface area contributed by atoms with E-state index < -0.39 is 0 Å². The van der Waals surface area contributed by atoms with Gasteiger partial charge in [0, 0.05) is 12.1 Å². The summed E-state index contributed by atoms with van der Waals surface area (Å²) in [6, 6.07) is 3.81. The molecular weight excluding hydrogens is 178 g/mol. The third-order valence-electron chi connectivity index (χ3n) is 2.16. The zero-order chi connectivity index (χ0) is 10.1. The van der Waals surface area contributed by atoms with Crippen molar-refractivity contribution < 1.29 is 4.74 Å². The van der Waals surface area contributed by atoms with Crippen LogP contribution in [0, 0.1) is 0 Å². The number of hydrogen-bond donors (Lipinski definition) is 0. The smallest absolute Gasteiger partial charge is 0.203 e. The molecule has 2 aromatic rings. The van der Waals surface area contributed by atoms with E-state index in [4.69, 9.17) is 4.74 Å². The maximum Gasteiger partial charge on any atom is 0.203 e. The maximum atomic E-state index is 5.20. The fraction of sp³-hybridized carbons (Fsp3) is 0.400. The van der Waals surface area contributed by atoms with Crippen molar-refractivity contribution in [2.24, 2.45) is 0 Å². The van der Waals surface area contributed by atoms with E-state index in [1.165, 1.54) is 0 Å². The number of rotatable bonds is 2. The Balaban J connectivity index is 2.69. The van der Waals surface area contributed by atoms with E-state index in [2.05, 4.69) is 24.0 Å². The number of ether oxygens (including phenoxy) is 1. The first kappa shape index (κ1) is 8.99. The Morgan fingerprint density at radius 3 is 2.79 bits per heavy atom. The molecule has 2 aromatic heterocycles. The third-order valence-corrected chi connectivity index (χ3v) is 2.16. The third kappa shape index (κ3) is 1.23. The molecule has 0 aliphatic heterocycles. The predicted octanol–water partition coefficient (Wildman–Crippen LogP) is 1.86. The number of hydrogen-bond acceptors (Lipinski definition) is 3. The topological polar surface area (TPSA) is 39.4 Å². The van der Waals surface area contributed by atoms with Gasteiger partial charge in [-0.15, -0.1) is 10.2 Å². The summed E-state index contributed by atoms with van der Waals surface area (Å²) in [4.78, 5) is 0. The van der Waals surface area contributed by atoms with Gasteiger partial charge in [0.1, 0.15) is 5.82 Å². The van der Waals surface area contributed by atoms with Crippen LogP contribution in [0.3, 0.4) is 0 Å². The van der Waals surface area contributed by atoms with Crippen molar-refractivity contribution >= 4 is 5.65 Å². The molecule has 0 bridgehead atoms. The molecule has 0 unspecified atom stereocenters. The molecule has 4 nitrogen and oxygen atoms in total. The van der Waals surface area contributed by atoms with Crippen molar-refractivity contribution in [2.45, 2.75) is 19.8 Å². The molecule has 2 heterocycles. The maximum absolute atomic E-state index is 5.20. The highest BCUT2D eigenvalue weighted by atomic mass is 16.5. The van der Waals surface area contributed by atoms with Gasteiger partial charge in [-0.2, -0.15) is 0 Å². The minimum atomic E-state index is 0.358. The highest BCUT2D eigenvalue weighted by molar-refractivity contribution is 5.53. The summed E-state index contributed by atoms with van der Waals surface area (Å²) in [5.41, 5.74) is 0.777. The quantitative estimate of drug-likeness (QED) is 0.727. The summed E-state index contributed by atoms with van der Waals surface area (Å²) in [5, 5.41) is 8.24. The number of pyridine rings is 1. The molecule has 0 amide bonds. The Morgan fingerprint density at radius 2 is 2.14 bits per heavy atom. The highest BCUT2D eigenvalue weighted by Crippen LogP contribution is 2.20. The van der Waals surface area contributed by atoms with E-state index in [1.54, 1.807) is 7.11 Å². The Morgan fingerprint density at radius 1 is 1.36 bits per heavy atom. The lowest BCUT2D eigenvalue weighted by Crippen LogP contribution is -1.97. The normalized spacial score (nSPS) is 11.1. The van der Waals surface area contributed by atoms with Crippen LogP contribution in [0.4, 0.5) is 0 Å². The van der Waals surface area contributed by atoms with Gasteiger partial charge in [0.15, 0.2) is 5.75 Å². The van der Waals surface area contributed by atoms with Gasteiger partial charge in [-0.05, 0) is 12.1 Å². The van der Waals surface area contributed by atoms with Crippen LogP contribution in [0.1, 0.15) is 25.6 Å². The number of aromatic nitrogens is 3. The van der Waals surface area contributed by atoms with E-state index in [1.807, 2.05) is 22.7 Å². The van der Waals surface area contributed by atoms with Crippen molar-refractivity contribution in [3.63, 3.8) is 0 Å². The van der Waals surface area contributed by atoms with E-state index in [0.29, 0.717) is 5.92 Å². The molecule has 0 N–H and O–H groups in total. The standard InChI is InChI=1S/C10H13N3O/c1-7(2)9-11-12-10-8(14-3)5-4-6-13(9)10/h4-7H,1-3H3. The second kappa shape index (κ2) is 3.29. The largest absolute Gasteiger partial charge is 0.493 e. The lowest BCUT2D eigenvalue weighted by atomic mass is 10.2. The van der Waals surface area contributed by atoms with Crippen molar-refractivity contribution in [2.75, 3.05) is 7.11 Å². The predicted molar refractivity (Wildman–Crippen MR) is 53.6 cm³/mol.